The van der Waals surface area contributed by atoms with Crippen LogP contribution in [0.25, 0.3) is 0 Å². The predicted molar refractivity (Wildman–Crippen MR) is 70.0 cm³/mol. The molecular formula is C14H22N2O. The largest absolute Gasteiger partial charge is 0.395 e. The van der Waals surface area contributed by atoms with Crippen LogP contribution in [0, 0.1) is 0 Å². The van der Waals surface area contributed by atoms with Crippen LogP contribution in [0.2, 0.25) is 0 Å². The minimum atomic E-state index is 0.166. The van der Waals surface area contributed by atoms with E-state index in [0.29, 0.717) is 6.04 Å². The fraction of sp³-hybridized carbons (Fsp3) is 0.571. The first kappa shape index (κ1) is 12.6. The first-order valence-electron chi connectivity index (χ1n) is 6.50. The SMILES string of the molecule is OC[C@@H](Cc1ccccc1)NCC1CCCN1. The standard InChI is InChI=1S/C14H22N2O/c17-11-14(9-12-5-2-1-3-6-12)16-10-13-7-4-8-15-13/h1-3,5-6,13-17H,4,7-11H2/t13?,14-/m1/s1. The van der Waals surface area contributed by atoms with E-state index in [1.165, 1.54) is 18.4 Å². The lowest BCUT2D eigenvalue weighted by Crippen LogP contribution is -2.42. The summed E-state index contributed by atoms with van der Waals surface area (Å²) in [5.74, 6) is 0. The van der Waals surface area contributed by atoms with Gasteiger partial charge in [-0.05, 0) is 31.4 Å². The Balaban J connectivity index is 1.76. The molecule has 0 aliphatic carbocycles. The van der Waals surface area contributed by atoms with Gasteiger partial charge in [0.25, 0.3) is 0 Å². The molecule has 1 fully saturated rings. The van der Waals surface area contributed by atoms with Crippen molar-refractivity contribution in [2.75, 3.05) is 19.7 Å². The number of hydrogen-bond acceptors (Lipinski definition) is 3. The van der Waals surface area contributed by atoms with Gasteiger partial charge in [-0.25, -0.2) is 0 Å². The molecule has 1 heterocycles. The highest BCUT2D eigenvalue weighted by atomic mass is 16.3. The third kappa shape index (κ3) is 4.11. The van der Waals surface area contributed by atoms with Gasteiger partial charge in [0.05, 0.1) is 6.61 Å². The number of aliphatic hydroxyl groups excluding tert-OH is 1. The molecule has 3 N–H and O–H groups in total. The quantitative estimate of drug-likeness (QED) is 0.686. The lowest BCUT2D eigenvalue weighted by molar-refractivity contribution is 0.239. The summed E-state index contributed by atoms with van der Waals surface area (Å²) < 4.78 is 0. The number of benzene rings is 1. The van der Waals surface area contributed by atoms with Crippen molar-refractivity contribution in [3.8, 4) is 0 Å². The Morgan fingerprint density at radius 2 is 2.18 bits per heavy atom. The van der Waals surface area contributed by atoms with Gasteiger partial charge < -0.3 is 15.7 Å². The highest BCUT2D eigenvalue weighted by molar-refractivity contribution is 5.15. The molecule has 1 unspecified atom stereocenters. The Kier molecular flexibility index (Phi) is 4.98. The summed E-state index contributed by atoms with van der Waals surface area (Å²) in [4.78, 5) is 0. The second-order valence-electron chi connectivity index (χ2n) is 4.77. The van der Waals surface area contributed by atoms with Crippen molar-refractivity contribution in [2.24, 2.45) is 0 Å². The number of aliphatic hydroxyl groups is 1. The lowest BCUT2D eigenvalue weighted by Gasteiger charge is -2.19. The number of rotatable bonds is 6. The molecular weight excluding hydrogens is 212 g/mol. The van der Waals surface area contributed by atoms with E-state index >= 15 is 0 Å². The smallest absolute Gasteiger partial charge is 0.0587 e. The molecule has 1 aliphatic heterocycles. The Hall–Kier alpha value is -0.900. The van der Waals surface area contributed by atoms with Crippen LogP contribution in [0.5, 0.6) is 0 Å². The molecule has 0 saturated carbocycles. The van der Waals surface area contributed by atoms with Crippen molar-refractivity contribution in [3.05, 3.63) is 35.9 Å². The predicted octanol–water partition coefficient (Wildman–Crippen LogP) is 0.932. The molecule has 2 rings (SSSR count). The van der Waals surface area contributed by atoms with E-state index in [0.717, 1.165) is 19.5 Å². The van der Waals surface area contributed by atoms with Gasteiger partial charge in [0.1, 0.15) is 0 Å². The highest BCUT2D eigenvalue weighted by Gasteiger charge is 2.15. The summed E-state index contributed by atoms with van der Waals surface area (Å²) in [5.41, 5.74) is 1.28. The number of hydrogen-bond donors (Lipinski definition) is 3. The topological polar surface area (TPSA) is 44.3 Å². The van der Waals surface area contributed by atoms with Gasteiger partial charge in [0.15, 0.2) is 0 Å². The fourth-order valence-electron chi connectivity index (χ4n) is 2.34. The molecule has 0 amide bonds. The zero-order chi connectivity index (χ0) is 11.9. The molecule has 94 valence electrons. The van der Waals surface area contributed by atoms with Crippen molar-refractivity contribution in [2.45, 2.75) is 31.3 Å². The minimum absolute atomic E-state index is 0.166. The monoisotopic (exact) mass is 234 g/mol. The van der Waals surface area contributed by atoms with Crippen molar-refractivity contribution < 1.29 is 5.11 Å². The Bertz CT molecular complexity index is 309. The van der Waals surface area contributed by atoms with Crippen LogP contribution < -0.4 is 10.6 Å². The van der Waals surface area contributed by atoms with Gasteiger partial charge in [0, 0.05) is 18.6 Å². The van der Waals surface area contributed by atoms with Crippen molar-refractivity contribution in [1.29, 1.82) is 0 Å². The third-order valence-corrected chi connectivity index (χ3v) is 3.36. The average molecular weight is 234 g/mol. The van der Waals surface area contributed by atoms with Crippen LogP contribution in [0.15, 0.2) is 30.3 Å². The Labute approximate surface area is 103 Å². The minimum Gasteiger partial charge on any atom is -0.395 e. The molecule has 0 spiro atoms. The molecule has 3 nitrogen and oxygen atoms in total. The van der Waals surface area contributed by atoms with Gasteiger partial charge in [0.2, 0.25) is 0 Å². The molecule has 0 bridgehead atoms. The maximum Gasteiger partial charge on any atom is 0.0587 e. The van der Waals surface area contributed by atoms with Gasteiger partial charge >= 0.3 is 0 Å². The molecule has 2 atom stereocenters. The van der Waals surface area contributed by atoms with Crippen LogP contribution in [0.3, 0.4) is 0 Å². The van der Waals surface area contributed by atoms with Gasteiger partial charge in [-0.15, -0.1) is 0 Å². The van der Waals surface area contributed by atoms with Crippen LogP contribution in [-0.2, 0) is 6.42 Å². The molecule has 17 heavy (non-hydrogen) atoms. The molecule has 1 aromatic carbocycles. The van der Waals surface area contributed by atoms with Crippen LogP contribution in [0.1, 0.15) is 18.4 Å². The maximum atomic E-state index is 9.38. The number of nitrogens with one attached hydrogen (secondary N) is 2. The van der Waals surface area contributed by atoms with Crippen LogP contribution in [0.4, 0.5) is 0 Å². The van der Waals surface area contributed by atoms with Crippen molar-refractivity contribution >= 4 is 0 Å². The van der Waals surface area contributed by atoms with Gasteiger partial charge in [-0.3, -0.25) is 0 Å². The van der Waals surface area contributed by atoms with Crippen molar-refractivity contribution in [3.63, 3.8) is 0 Å². The molecule has 1 aromatic rings. The van der Waals surface area contributed by atoms with Gasteiger partial charge in [-0.1, -0.05) is 30.3 Å². The average Bonchev–Trinajstić information content (AvgIpc) is 2.89. The van der Waals surface area contributed by atoms with E-state index in [-0.39, 0.29) is 12.6 Å². The third-order valence-electron chi connectivity index (χ3n) is 3.36. The van der Waals surface area contributed by atoms with E-state index in [4.69, 9.17) is 0 Å². The molecule has 3 heteroatoms. The zero-order valence-corrected chi connectivity index (χ0v) is 10.2. The summed E-state index contributed by atoms with van der Waals surface area (Å²) in [6.07, 6.45) is 3.41. The van der Waals surface area contributed by atoms with E-state index in [2.05, 4.69) is 22.8 Å². The van der Waals surface area contributed by atoms with Crippen molar-refractivity contribution in [1.82, 2.24) is 10.6 Å². The molecule has 0 radical (unpaired) electrons. The van der Waals surface area contributed by atoms with Crippen LogP contribution in [-0.4, -0.2) is 36.9 Å². The molecule has 1 aliphatic rings. The van der Waals surface area contributed by atoms with E-state index in [1.807, 2.05) is 18.2 Å². The first-order chi connectivity index (χ1) is 8.38. The lowest BCUT2D eigenvalue weighted by atomic mass is 10.1. The van der Waals surface area contributed by atoms with E-state index in [1.54, 1.807) is 0 Å². The summed E-state index contributed by atoms with van der Waals surface area (Å²) in [5, 5.41) is 16.3. The molecule has 0 aromatic heterocycles. The Morgan fingerprint density at radius 3 is 2.82 bits per heavy atom. The van der Waals surface area contributed by atoms with Gasteiger partial charge in [-0.2, -0.15) is 0 Å². The zero-order valence-electron chi connectivity index (χ0n) is 10.2. The fourth-order valence-corrected chi connectivity index (χ4v) is 2.34. The highest BCUT2D eigenvalue weighted by Crippen LogP contribution is 2.06. The van der Waals surface area contributed by atoms with E-state index in [9.17, 15) is 5.11 Å². The summed E-state index contributed by atoms with van der Waals surface area (Å²) in [6.45, 7) is 2.29. The Morgan fingerprint density at radius 1 is 1.35 bits per heavy atom. The summed E-state index contributed by atoms with van der Waals surface area (Å²) >= 11 is 0. The normalized spacial score (nSPS) is 21.6. The maximum absolute atomic E-state index is 9.38. The second-order valence-corrected chi connectivity index (χ2v) is 4.77. The summed E-state index contributed by atoms with van der Waals surface area (Å²) in [7, 11) is 0. The second kappa shape index (κ2) is 6.74. The molecule has 1 saturated heterocycles. The van der Waals surface area contributed by atoms with Crippen LogP contribution >= 0.6 is 0 Å². The summed E-state index contributed by atoms with van der Waals surface area (Å²) in [6, 6.07) is 11.1. The van der Waals surface area contributed by atoms with E-state index < -0.39 is 0 Å². The first-order valence-corrected chi connectivity index (χ1v) is 6.50.